The van der Waals surface area contributed by atoms with E-state index in [4.69, 9.17) is 4.74 Å². The maximum Gasteiger partial charge on any atom is 0.356 e. The van der Waals surface area contributed by atoms with Gasteiger partial charge in [0.2, 0.25) is 0 Å². The minimum absolute atomic E-state index is 0.0318. The molecule has 0 bridgehead atoms. The number of fused-ring (bicyclic) bond motifs is 3. The predicted octanol–water partition coefficient (Wildman–Crippen LogP) is 2.35. The highest BCUT2D eigenvalue weighted by molar-refractivity contribution is 9.09. The molecular weight excluding hydrogens is 314 g/mol. The number of epoxide rings is 1. The summed E-state index contributed by atoms with van der Waals surface area (Å²) in [7, 11) is 1.29. The highest BCUT2D eigenvalue weighted by Gasteiger charge is 2.49. The molecule has 3 rings (SSSR count). The first-order valence-electron chi connectivity index (χ1n) is 5.96. The van der Waals surface area contributed by atoms with Crippen LogP contribution in [-0.4, -0.2) is 30.0 Å². The Morgan fingerprint density at radius 1 is 1.53 bits per heavy atom. The van der Waals surface area contributed by atoms with E-state index in [-0.39, 0.29) is 28.5 Å². The van der Waals surface area contributed by atoms with Crippen LogP contribution >= 0.6 is 15.9 Å². The van der Waals surface area contributed by atoms with Crippen LogP contribution in [0.4, 0.5) is 0 Å². The van der Waals surface area contributed by atoms with Gasteiger partial charge in [-0.2, -0.15) is 0 Å². The Hall–Kier alpha value is -1.27. The zero-order valence-corrected chi connectivity index (χ0v) is 12.1. The normalized spacial score (nSPS) is 27.2. The van der Waals surface area contributed by atoms with Gasteiger partial charge >= 0.3 is 5.97 Å². The molecule has 19 heavy (non-hydrogen) atoms. The van der Waals surface area contributed by atoms with E-state index in [1.54, 1.807) is 0 Å². The summed E-state index contributed by atoms with van der Waals surface area (Å²) < 4.78 is 10.2. The molecule has 1 aromatic heterocycles. The maximum atomic E-state index is 11.8. The molecule has 0 radical (unpaired) electrons. The van der Waals surface area contributed by atoms with E-state index in [0.717, 1.165) is 12.0 Å². The summed E-state index contributed by atoms with van der Waals surface area (Å²) in [6, 6.07) is 1.50. The summed E-state index contributed by atoms with van der Waals surface area (Å²) >= 11 is 3.56. The van der Waals surface area contributed by atoms with E-state index in [0.29, 0.717) is 11.3 Å². The smallest absolute Gasteiger partial charge is 0.356 e. The molecule has 100 valence electrons. The van der Waals surface area contributed by atoms with E-state index in [9.17, 15) is 9.59 Å². The van der Waals surface area contributed by atoms with Crippen molar-refractivity contribution in [3.8, 4) is 0 Å². The molecule has 0 saturated carbocycles. The summed E-state index contributed by atoms with van der Waals surface area (Å²) in [5.74, 6) is -0.633. The van der Waals surface area contributed by atoms with Crippen molar-refractivity contribution in [2.75, 3.05) is 7.11 Å². The Balaban J connectivity index is 2.20. The number of halogens is 1. The van der Waals surface area contributed by atoms with Crippen LogP contribution in [0.3, 0.4) is 0 Å². The summed E-state index contributed by atoms with van der Waals surface area (Å²) in [4.78, 5) is 27.8. The molecule has 1 fully saturated rings. The lowest BCUT2D eigenvalue weighted by Crippen LogP contribution is -2.17. The molecule has 6 heteroatoms. The number of nitrogens with zero attached hydrogens (tertiary/aromatic N) is 1. The molecule has 1 aliphatic carbocycles. The second-order valence-electron chi connectivity index (χ2n) is 4.70. The van der Waals surface area contributed by atoms with Crippen molar-refractivity contribution in [1.29, 1.82) is 0 Å². The number of carbonyl (C=O) groups excluding carboxylic acids is 2. The number of rotatable bonds is 2. The topological polar surface area (TPSA) is 68.8 Å². The summed E-state index contributed by atoms with van der Waals surface area (Å²) in [6.07, 6.45) is 0.862. The predicted molar refractivity (Wildman–Crippen MR) is 69.5 cm³/mol. The van der Waals surface area contributed by atoms with Gasteiger partial charge in [-0.05, 0) is 19.4 Å². The van der Waals surface area contributed by atoms with Gasteiger partial charge in [0.25, 0.3) is 0 Å². The lowest BCUT2D eigenvalue weighted by Gasteiger charge is -2.20. The van der Waals surface area contributed by atoms with Gasteiger partial charge in [-0.15, -0.1) is 0 Å². The average Bonchev–Trinajstić information content (AvgIpc) is 3.15. The van der Waals surface area contributed by atoms with Crippen LogP contribution < -0.4 is 0 Å². The van der Waals surface area contributed by atoms with Gasteiger partial charge in [-0.1, -0.05) is 15.9 Å². The first kappa shape index (κ1) is 12.7. The Morgan fingerprint density at radius 2 is 2.26 bits per heavy atom. The van der Waals surface area contributed by atoms with Crippen LogP contribution in [0.25, 0.3) is 0 Å². The fraction of sp³-hybridized carbons (Fsp3) is 0.462. The minimum atomic E-state index is -0.542. The number of carbonyl (C=O) groups is 2. The fourth-order valence-electron chi connectivity index (χ4n) is 2.51. The summed E-state index contributed by atoms with van der Waals surface area (Å²) in [5.41, 5.74) is 2.20. The third-order valence-corrected chi connectivity index (χ3v) is 4.30. The fourth-order valence-corrected chi connectivity index (χ4v) is 3.36. The van der Waals surface area contributed by atoms with Crippen molar-refractivity contribution < 1.29 is 19.1 Å². The number of Topliss-reactive ketones (excluding diaryl/α,β-unsaturated/α-hetero) is 1. The molecule has 0 aromatic carbocycles. The van der Waals surface area contributed by atoms with Crippen LogP contribution in [-0.2, 0) is 9.47 Å². The number of aromatic nitrogens is 1. The van der Waals surface area contributed by atoms with Gasteiger partial charge in [0.1, 0.15) is 11.8 Å². The molecule has 1 saturated heterocycles. The van der Waals surface area contributed by atoms with E-state index in [1.165, 1.54) is 20.1 Å². The van der Waals surface area contributed by atoms with Crippen LogP contribution in [0, 0.1) is 0 Å². The van der Waals surface area contributed by atoms with E-state index in [1.807, 2.05) is 0 Å². The lowest BCUT2D eigenvalue weighted by molar-refractivity contribution is 0.0593. The van der Waals surface area contributed by atoms with E-state index < -0.39 is 5.97 Å². The zero-order valence-electron chi connectivity index (χ0n) is 10.5. The molecular formula is C13H12BrNO4. The average molecular weight is 326 g/mol. The Bertz CT molecular complexity index is 586. The Kier molecular flexibility index (Phi) is 2.94. The minimum Gasteiger partial charge on any atom is -0.464 e. The second-order valence-corrected chi connectivity index (χ2v) is 5.81. The molecule has 5 nitrogen and oxygen atoms in total. The van der Waals surface area contributed by atoms with Crippen molar-refractivity contribution in [1.82, 2.24) is 4.98 Å². The largest absolute Gasteiger partial charge is 0.464 e. The second kappa shape index (κ2) is 4.38. The van der Waals surface area contributed by atoms with Gasteiger partial charge < -0.3 is 9.47 Å². The Labute approximate surface area is 118 Å². The quantitative estimate of drug-likeness (QED) is 0.361. The lowest BCUT2D eigenvalue weighted by atomic mass is 9.90. The van der Waals surface area contributed by atoms with Crippen LogP contribution in [0.5, 0.6) is 0 Å². The SMILES string of the molecule is COC(=O)c1cc(C(C)=O)c2c(n1)[C@H]1O[C@H]1C[C@H]2Br. The molecule has 3 atom stereocenters. The number of alkyl halides is 1. The molecule has 2 heterocycles. The van der Waals surface area contributed by atoms with Gasteiger partial charge in [0.15, 0.2) is 5.78 Å². The molecule has 2 aliphatic rings. The summed E-state index contributed by atoms with van der Waals surface area (Å²) in [5, 5.41) is 0. The van der Waals surface area contributed by atoms with Crippen molar-refractivity contribution in [2.45, 2.75) is 30.4 Å². The van der Waals surface area contributed by atoms with Crippen molar-refractivity contribution in [3.63, 3.8) is 0 Å². The highest BCUT2D eigenvalue weighted by Crippen LogP contribution is 2.53. The molecule has 1 aliphatic heterocycles. The van der Waals surface area contributed by atoms with Crippen molar-refractivity contribution >= 4 is 27.7 Å². The molecule has 0 N–H and O–H groups in total. The van der Waals surface area contributed by atoms with Gasteiger partial charge in [-0.25, -0.2) is 9.78 Å². The molecule has 0 amide bonds. The van der Waals surface area contributed by atoms with Gasteiger partial charge in [0.05, 0.1) is 18.9 Å². The third-order valence-electron chi connectivity index (χ3n) is 3.47. The number of ether oxygens (including phenoxy) is 2. The number of hydrogen-bond donors (Lipinski definition) is 0. The number of esters is 1. The maximum absolute atomic E-state index is 11.8. The molecule has 0 unspecified atom stereocenters. The highest BCUT2D eigenvalue weighted by atomic mass is 79.9. The van der Waals surface area contributed by atoms with Crippen LogP contribution in [0.2, 0.25) is 0 Å². The van der Waals surface area contributed by atoms with Gasteiger partial charge in [-0.3, -0.25) is 4.79 Å². The monoisotopic (exact) mass is 325 g/mol. The third kappa shape index (κ3) is 1.99. The van der Waals surface area contributed by atoms with Crippen molar-refractivity contribution in [3.05, 3.63) is 28.6 Å². The number of hydrogen-bond acceptors (Lipinski definition) is 5. The van der Waals surface area contributed by atoms with Crippen LogP contribution in [0.15, 0.2) is 6.07 Å². The van der Waals surface area contributed by atoms with Gasteiger partial charge in [0, 0.05) is 16.0 Å². The standard InChI is InChI=1S/C13H12BrNO4/c1-5(16)6-3-8(13(17)18-2)15-11-10(6)7(14)4-9-12(11)19-9/h3,7,9,12H,4H2,1-2H3/t7-,9+,12+/m1/s1. The van der Waals surface area contributed by atoms with E-state index >= 15 is 0 Å². The first-order chi connectivity index (χ1) is 9.02. The zero-order chi connectivity index (χ0) is 13.7. The Morgan fingerprint density at radius 3 is 2.89 bits per heavy atom. The first-order valence-corrected chi connectivity index (χ1v) is 6.88. The number of ketones is 1. The van der Waals surface area contributed by atoms with Crippen molar-refractivity contribution in [2.24, 2.45) is 0 Å². The number of methoxy groups -OCH3 is 1. The molecule has 0 spiro atoms. The molecule has 1 aromatic rings. The number of pyridine rings is 1. The van der Waals surface area contributed by atoms with Crippen LogP contribution in [0.1, 0.15) is 56.4 Å². The summed E-state index contributed by atoms with van der Waals surface area (Å²) in [6.45, 7) is 1.48. The van der Waals surface area contributed by atoms with E-state index in [2.05, 4.69) is 25.7 Å².